The van der Waals surface area contributed by atoms with Crippen LogP contribution in [0.1, 0.15) is 33.4 Å². The number of hydrogen-bond acceptors (Lipinski definition) is 6. The Morgan fingerprint density at radius 2 is 1.87 bits per heavy atom. The number of anilines is 1. The van der Waals surface area contributed by atoms with Crippen LogP contribution in [0.5, 0.6) is 0 Å². The molecule has 31 heavy (non-hydrogen) atoms. The summed E-state index contributed by atoms with van der Waals surface area (Å²) in [5.41, 5.74) is 2.95. The van der Waals surface area contributed by atoms with Gasteiger partial charge in [-0.2, -0.15) is 0 Å². The van der Waals surface area contributed by atoms with E-state index < -0.39 is 5.60 Å². The number of fused-ring (bicyclic) bond motifs is 1. The number of carbonyl (C=O) groups is 1. The number of amides is 1. The number of piperazine rings is 1. The van der Waals surface area contributed by atoms with Crippen molar-refractivity contribution in [3.05, 3.63) is 41.6 Å². The standard InChI is InChI=1S/C22H27ClN6O2/c1-5-16-14-29-17(13-25-19(23)20(29)26-16)15-6-7-18(24-12-15)27-8-10-28(11-9-27)21(30)31-22(2,3)4/h6-7,12-14H,5,8-11H2,1-4H3. The summed E-state index contributed by atoms with van der Waals surface area (Å²) in [4.78, 5) is 29.7. The Labute approximate surface area is 186 Å². The van der Waals surface area contributed by atoms with E-state index >= 15 is 0 Å². The van der Waals surface area contributed by atoms with Crippen molar-refractivity contribution in [2.75, 3.05) is 31.1 Å². The number of rotatable bonds is 3. The van der Waals surface area contributed by atoms with Crippen LogP contribution in [0, 0.1) is 0 Å². The van der Waals surface area contributed by atoms with Crippen molar-refractivity contribution < 1.29 is 9.53 Å². The number of hydrogen-bond donors (Lipinski definition) is 0. The smallest absolute Gasteiger partial charge is 0.410 e. The van der Waals surface area contributed by atoms with Gasteiger partial charge < -0.3 is 14.5 Å². The van der Waals surface area contributed by atoms with E-state index in [0.29, 0.717) is 37.0 Å². The SMILES string of the molecule is CCc1cn2c(-c3ccc(N4CCN(C(=O)OC(C)(C)C)CC4)nc3)cnc(Cl)c2n1. The first-order valence-electron chi connectivity index (χ1n) is 10.5. The van der Waals surface area contributed by atoms with E-state index in [9.17, 15) is 4.79 Å². The van der Waals surface area contributed by atoms with Gasteiger partial charge in [0, 0.05) is 44.1 Å². The second-order valence-corrected chi connectivity index (χ2v) is 8.93. The Hall–Kier alpha value is -2.87. The highest BCUT2D eigenvalue weighted by Crippen LogP contribution is 2.25. The van der Waals surface area contributed by atoms with Crippen LogP contribution in [0.2, 0.25) is 5.15 Å². The summed E-state index contributed by atoms with van der Waals surface area (Å²) in [5.74, 6) is 0.880. The zero-order valence-electron chi connectivity index (χ0n) is 18.3. The normalized spacial score (nSPS) is 14.9. The third-order valence-electron chi connectivity index (χ3n) is 5.16. The van der Waals surface area contributed by atoms with E-state index in [4.69, 9.17) is 16.3 Å². The lowest BCUT2D eigenvalue weighted by molar-refractivity contribution is 0.0240. The lowest BCUT2D eigenvalue weighted by atomic mass is 10.2. The molecule has 0 saturated carbocycles. The van der Waals surface area contributed by atoms with Gasteiger partial charge in [0.1, 0.15) is 11.4 Å². The van der Waals surface area contributed by atoms with E-state index in [2.05, 4.69) is 26.8 Å². The van der Waals surface area contributed by atoms with Crippen molar-refractivity contribution in [2.24, 2.45) is 0 Å². The maximum Gasteiger partial charge on any atom is 0.410 e. The minimum absolute atomic E-state index is 0.263. The minimum atomic E-state index is -0.485. The summed E-state index contributed by atoms with van der Waals surface area (Å²) in [6, 6.07) is 4.02. The fraction of sp³-hybridized carbons (Fsp3) is 0.455. The van der Waals surface area contributed by atoms with Crippen molar-refractivity contribution in [3.63, 3.8) is 0 Å². The summed E-state index contributed by atoms with van der Waals surface area (Å²) in [7, 11) is 0. The van der Waals surface area contributed by atoms with Crippen LogP contribution in [0.3, 0.4) is 0 Å². The summed E-state index contributed by atoms with van der Waals surface area (Å²) in [6.07, 6.45) is 6.13. The molecular formula is C22H27ClN6O2. The molecule has 164 valence electrons. The van der Waals surface area contributed by atoms with Crippen molar-refractivity contribution >= 4 is 29.2 Å². The fourth-order valence-corrected chi connectivity index (χ4v) is 3.73. The van der Waals surface area contributed by atoms with E-state index in [-0.39, 0.29) is 6.09 Å². The van der Waals surface area contributed by atoms with Crippen molar-refractivity contribution in [1.82, 2.24) is 24.3 Å². The average molecular weight is 443 g/mol. The van der Waals surface area contributed by atoms with E-state index in [1.165, 1.54) is 0 Å². The van der Waals surface area contributed by atoms with Crippen LogP contribution in [0.25, 0.3) is 16.9 Å². The zero-order valence-corrected chi connectivity index (χ0v) is 19.1. The predicted octanol–water partition coefficient (Wildman–Crippen LogP) is 4.06. The minimum Gasteiger partial charge on any atom is -0.444 e. The van der Waals surface area contributed by atoms with Gasteiger partial charge in [-0.1, -0.05) is 18.5 Å². The molecule has 8 nitrogen and oxygen atoms in total. The lowest BCUT2D eigenvalue weighted by Crippen LogP contribution is -2.50. The van der Waals surface area contributed by atoms with Crippen molar-refractivity contribution in [3.8, 4) is 11.3 Å². The van der Waals surface area contributed by atoms with Gasteiger partial charge in [-0.05, 0) is 39.3 Å². The molecule has 4 heterocycles. The maximum absolute atomic E-state index is 12.3. The molecule has 0 unspecified atom stereocenters. The second-order valence-electron chi connectivity index (χ2n) is 8.57. The molecule has 0 bridgehead atoms. The number of ether oxygens (including phenoxy) is 1. The third-order valence-corrected chi connectivity index (χ3v) is 5.43. The molecule has 1 saturated heterocycles. The van der Waals surface area contributed by atoms with Gasteiger partial charge in [-0.25, -0.2) is 19.7 Å². The molecule has 3 aromatic rings. The first-order chi connectivity index (χ1) is 14.7. The molecule has 1 aliphatic heterocycles. The van der Waals surface area contributed by atoms with Crippen LogP contribution < -0.4 is 4.90 Å². The zero-order chi connectivity index (χ0) is 22.2. The number of aryl methyl sites for hydroxylation is 1. The summed E-state index contributed by atoms with van der Waals surface area (Å²) in [6.45, 7) is 10.3. The van der Waals surface area contributed by atoms with Crippen LogP contribution in [0.15, 0.2) is 30.7 Å². The Bertz CT molecular complexity index is 1080. The summed E-state index contributed by atoms with van der Waals surface area (Å²) >= 11 is 6.23. The second kappa shape index (κ2) is 8.34. The lowest BCUT2D eigenvalue weighted by Gasteiger charge is -2.36. The highest BCUT2D eigenvalue weighted by atomic mass is 35.5. The monoisotopic (exact) mass is 442 g/mol. The molecule has 9 heteroatoms. The number of pyridine rings is 1. The molecule has 0 N–H and O–H groups in total. The maximum atomic E-state index is 12.3. The first-order valence-corrected chi connectivity index (χ1v) is 10.8. The van der Waals surface area contributed by atoms with E-state index in [1.807, 2.05) is 49.7 Å². The van der Waals surface area contributed by atoms with Gasteiger partial charge in [0.25, 0.3) is 0 Å². The Morgan fingerprint density at radius 3 is 2.48 bits per heavy atom. The first kappa shape index (κ1) is 21.4. The van der Waals surface area contributed by atoms with Crippen LogP contribution in [-0.4, -0.2) is 62.1 Å². The number of carbonyl (C=O) groups excluding carboxylic acids is 1. The molecule has 0 spiro atoms. The molecule has 1 aliphatic rings. The molecule has 4 rings (SSSR count). The molecule has 1 amide bonds. The highest BCUT2D eigenvalue weighted by Gasteiger charge is 2.26. The topological polar surface area (TPSA) is 75.9 Å². The van der Waals surface area contributed by atoms with Gasteiger partial charge >= 0.3 is 6.09 Å². The largest absolute Gasteiger partial charge is 0.444 e. The van der Waals surface area contributed by atoms with Gasteiger partial charge in [0.2, 0.25) is 0 Å². The van der Waals surface area contributed by atoms with Crippen LogP contribution >= 0.6 is 11.6 Å². The number of nitrogens with zero attached hydrogens (tertiary/aromatic N) is 6. The van der Waals surface area contributed by atoms with Gasteiger partial charge in [0.05, 0.1) is 17.6 Å². The molecule has 3 aromatic heterocycles. The average Bonchev–Trinajstić information content (AvgIpc) is 3.19. The van der Waals surface area contributed by atoms with Gasteiger partial charge in [0.15, 0.2) is 10.8 Å². The number of imidazole rings is 1. The van der Waals surface area contributed by atoms with Crippen molar-refractivity contribution in [2.45, 2.75) is 39.7 Å². The Kier molecular flexibility index (Phi) is 5.75. The molecule has 1 fully saturated rings. The quantitative estimate of drug-likeness (QED) is 0.608. The third kappa shape index (κ3) is 4.58. The van der Waals surface area contributed by atoms with Gasteiger partial charge in [-0.3, -0.25) is 4.40 Å². The molecular weight excluding hydrogens is 416 g/mol. The van der Waals surface area contributed by atoms with E-state index in [0.717, 1.165) is 29.2 Å². The van der Waals surface area contributed by atoms with Crippen LogP contribution in [-0.2, 0) is 11.2 Å². The van der Waals surface area contributed by atoms with Gasteiger partial charge in [-0.15, -0.1) is 0 Å². The number of halogens is 1. The molecule has 0 aliphatic carbocycles. The van der Waals surface area contributed by atoms with E-state index in [1.54, 1.807) is 11.1 Å². The fourth-order valence-electron chi connectivity index (χ4n) is 3.55. The Balaban J connectivity index is 1.48. The predicted molar refractivity (Wildman–Crippen MR) is 121 cm³/mol. The summed E-state index contributed by atoms with van der Waals surface area (Å²) < 4.78 is 7.43. The Morgan fingerprint density at radius 1 is 1.13 bits per heavy atom. The highest BCUT2D eigenvalue weighted by molar-refractivity contribution is 6.32. The molecule has 0 radical (unpaired) electrons. The number of aromatic nitrogens is 4. The molecule has 0 aromatic carbocycles. The van der Waals surface area contributed by atoms with Crippen LogP contribution in [0.4, 0.5) is 10.6 Å². The molecule has 0 atom stereocenters. The summed E-state index contributed by atoms with van der Waals surface area (Å²) in [5, 5.41) is 0.385. The van der Waals surface area contributed by atoms with Crippen molar-refractivity contribution in [1.29, 1.82) is 0 Å².